The molecule has 15 heavy (non-hydrogen) atoms. The number of anilines is 1. The molecule has 7 heteroatoms. The molecular formula is C8H6NNaO4S. The van der Waals surface area contributed by atoms with Crippen molar-refractivity contribution in [3.8, 4) is 0 Å². The van der Waals surface area contributed by atoms with Crippen LogP contribution in [0, 0.1) is 0 Å². The van der Waals surface area contributed by atoms with E-state index in [2.05, 4.69) is 5.32 Å². The molecule has 1 aliphatic heterocycles. The Morgan fingerprint density at radius 3 is 2.60 bits per heavy atom. The molecule has 0 saturated carbocycles. The van der Waals surface area contributed by atoms with E-state index in [1.807, 2.05) is 0 Å². The molecule has 0 radical (unpaired) electrons. The van der Waals surface area contributed by atoms with E-state index in [0.29, 0.717) is 11.3 Å². The smallest absolute Gasteiger partial charge is 0.744 e. The molecule has 1 amide bonds. The molecule has 0 spiro atoms. The topological polar surface area (TPSA) is 86.3 Å². The number of fused-ring (bicyclic) bond motifs is 1. The molecule has 1 N–H and O–H groups in total. The van der Waals surface area contributed by atoms with E-state index in [0.717, 1.165) is 0 Å². The van der Waals surface area contributed by atoms with Crippen LogP contribution in [0.3, 0.4) is 0 Å². The largest absolute Gasteiger partial charge is 1.00 e. The van der Waals surface area contributed by atoms with Crippen LogP contribution in [0.2, 0.25) is 0 Å². The summed E-state index contributed by atoms with van der Waals surface area (Å²) in [6.45, 7) is 0. The number of hydrogen-bond acceptors (Lipinski definition) is 4. The first-order valence-electron chi connectivity index (χ1n) is 3.85. The second-order valence-electron chi connectivity index (χ2n) is 3.00. The molecule has 1 aliphatic rings. The van der Waals surface area contributed by atoms with Crippen molar-refractivity contribution < 1.29 is 47.3 Å². The Hall–Kier alpha value is -0.400. The van der Waals surface area contributed by atoms with Gasteiger partial charge in [-0.2, -0.15) is 0 Å². The fraction of sp³-hybridized carbons (Fsp3) is 0.125. The fourth-order valence-corrected chi connectivity index (χ4v) is 1.88. The molecule has 0 aliphatic carbocycles. The maximum atomic E-state index is 10.9. The van der Waals surface area contributed by atoms with E-state index in [4.69, 9.17) is 0 Å². The van der Waals surface area contributed by atoms with E-state index < -0.39 is 10.1 Å². The number of carbonyl (C=O) groups is 1. The molecule has 0 bridgehead atoms. The van der Waals surface area contributed by atoms with E-state index in [1.54, 1.807) is 0 Å². The van der Waals surface area contributed by atoms with Crippen molar-refractivity contribution in [2.75, 3.05) is 5.32 Å². The van der Waals surface area contributed by atoms with Crippen LogP contribution in [0.1, 0.15) is 5.56 Å². The normalized spacial score (nSPS) is 14.1. The molecule has 5 nitrogen and oxygen atoms in total. The summed E-state index contributed by atoms with van der Waals surface area (Å²) in [7, 11) is -4.43. The first kappa shape index (κ1) is 12.7. The van der Waals surface area contributed by atoms with Crippen molar-refractivity contribution >= 4 is 21.7 Å². The van der Waals surface area contributed by atoms with Gasteiger partial charge >= 0.3 is 29.6 Å². The summed E-state index contributed by atoms with van der Waals surface area (Å²) in [4.78, 5) is 10.6. The second kappa shape index (κ2) is 4.23. The number of benzene rings is 1. The van der Waals surface area contributed by atoms with E-state index in [1.165, 1.54) is 18.2 Å². The summed E-state index contributed by atoms with van der Waals surface area (Å²) >= 11 is 0. The molecule has 1 aromatic rings. The van der Waals surface area contributed by atoms with E-state index in [-0.39, 0.29) is 46.8 Å². The van der Waals surface area contributed by atoms with Crippen LogP contribution >= 0.6 is 0 Å². The van der Waals surface area contributed by atoms with Crippen LogP contribution in [0.5, 0.6) is 0 Å². The van der Waals surface area contributed by atoms with Crippen LogP contribution in [0.4, 0.5) is 5.69 Å². The summed E-state index contributed by atoms with van der Waals surface area (Å²) in [6, 6.07) is 3.84. The van der Waals surface area contributed by atoms with Crippen LogP contribution in [-0.2, 0) is 21.3 Å². The number of hydrogen-bond donors (Lipinski definition) is 1. The van der Waals surface area contributed by atoms with Gasteiger partial charge < -0.3 is 9.87 Å². The fourth-order valence-electron chi connectivity index (χ4n) is 1.36. The molecule has 0 atom stereocenters. The van der Waals surface area contributed by atoms with Gasteiger partial charge in [-0.1, -0.05) is 0 Å². The SMILES string of the molecule is O=C1Cc2cc(S(=O)(=O)[O-])ccc2N1.[Na+]. The second-order valence-corrected chi connectivity index (χ2v) is 4.38. The Labute approximate surface area is 109 Å². The predicted molar refractivity (Wildman–Crippen MR) is 46.7 cm³/mol. The van der Waals surface area contributed by atoms with Crippen LogP contribution in [-0.4, -0.2) is 18.9 Å². The van der Waals surface area contributed by atoms with Gasteiger partial charge in [-0.25, -0.2) is 8.42 Å². The third-order valence-corrected chi connectivity index (χ3v) is 2.82. The Morgan fingerprint density at radius 2 is 2.00 bits per heavy atom. The number of amides is 1. The molecule has 0 unspecified atom stereocenters. The standard InChI is InChI=1S/C8H7NO4S.Na/c10-8-4-5-3-6(14(11,12)13)1-2-7(5)9-8;/h1-3H,4H2,(H,9,10)(H,11,12,13);/q;+1/p-1. The van der Waals surface area contributed by atoms with Gasteiger partial charge in [0.25, 0.3) is 0 Å². The third kappa shape index (κ3) is 2.59. The Kier molecular flexibility index (Phi) is 3.57. The number of rotatable bonds is 1. The summed E-state index contributed by atoms with van der Waals surface area (Å²) in [5.74, 6) is -0.194. The zero-order valence-electron chi connectivity index (χ0n) is 7.98. The van der Waals surface area contributed by atoms with Crippen LogP contribution in [0.15, 0.2) is 23.1 Å². The summed E-state index contributed by atoms with van der Waals surface area (Å²) in [5, 5.41) is 2.54. The average molecular weight is 235 g/mol. The Morgan fingerprint density at radius 1 is 1.33 bits per heavy atom. The minimum Gasteiger partial charge on any atom is -0.744 e. The predicted octanol–water partition coefficient (Wildman–Crippen LogP) is -2.91. The summed E-state index contributed by atoms with van der Waals surface area (Å²) in [5.41, 5.74) is 1.12. The molecule has 0 saturated heterocycles. The van der Waals surface area contributed by atoms with E-state index >= 15 is 0 Å². The summed E-state index contributed by atoms with van der Waals surface area (Å²) in [6.07, 6.45) is 0.124. The van der Waals surface area contributed by atoms with Crippen molar-refractivity contribution in [2.45, 2.75) is 11.3 Å². The van der Waals surface area contributed by atoms with Gasteiger partial charge in [0.1, 0.15) is 10.1 Å². The zero-order chi connectivity index (χ0) is 10.3. The van der Waals surface area contributed by atoms with Crippen molar-refractivity contribution in [3.05, 3.63) is 23.8 Å². The van der Waals surface area contributed by atoms with E-state index in [9.17, 15) is 17.8 Å². The molecule has 1 aromatic carbocycles. The first-order valence-corrected chi connectivity index (χ1v) is 5.26. The average Bonchev–Trinajstić information content (AvgIpc) is 2.41. The van der Waals surface area contributed by atoms with Crippen LogP contribution < -0.4 is 34.9 Å². The maximum absolute atomic E-state index is 10.9. The molecule has 74 valence electrons. The van der Waals surface area contributed by atoms with Gasteiger partial charge in [0.15, 0.2) is 0 Å². The van der Waals surface area contributed by atoms with Gasteiger partial charge in [0, 0.05) is 5.69 Å². The zero-order valence-corrected chi connectivity index (χ0v) is 10.8. The van der Waals surface area contributed by atoms with Gasteiger partial charge in [-0.3, -0.25) is 4.79 Å². The Balaban J connectivity index is 0.00000112. The molecule has 0 fully saturated rings. The van der Waals surface area contributed by atoms with Crippen molar-refractivity contribution in [1.29, 1.82) is 0 Å². The van der Waals surface area contributed by atoms with Crippen molar-refractivity contribution in [2.24, 2.45) is 0 Å². The molecule has 1 heterocycles. The quantitative estimate of drug-likeness (QED) is 0.417. The van der Waals surface area contributed by atoms with Gasteiger partial charge in [0.05, 0.1) is 11.3 Å². The first-order chi connectivity index (χ1) is 6.47. The number of nitrogens with one attached hydrogen (secondary N) is 1. The van der Waals surface area contributed by atoms with Crippen molar-refractivity contribution in [3.63, 3.8) is 0 Å². The molecule has 2 rings (SSSR count). The maximum Gasteiger partial charge on any atom is 1.00 e. The monoisotopic (exact) mass is 235 g/mol. The molecular weight excluding hydrogens is 229 g/mol. The van der Waals surface area contributed by atoms with Crippen LogP contribution in [0.25, 0.3) is 0 Å². The van der Waals surface area contributed by atoms with Crippen molar-refractivity contribution in [1.82, 2.24) is 0 Å². The molecule has 0 aromatic heterocycles. The number of carbonyl (C=O) groups excluding carboxylic acids is 1. The van der Waals surface area contributed by atoms with Gasteiger partial charge in [0.2, 0.25) is 5.91 Å². The minimum atomic E-state index is -4.43. The van der Waals surface area contributed by atoms with Gasteiger partial charge in [-0.05, 0) is 23.8 Å². The third-order valence-electron chi connectivity index (χ3n) is 1.99. The summed E-state index contributed by atoms with van der Waals surface area (Å²) < 4.78 is 32.0. The minimum absolute atomic E-state index is 0. The van der Waals surface area contributed by atoms with Gasteiger partial charge in [-0.15, -0.1) is 0 Å². The Bertz CT molecular complexity index is 511.